The molecule has 0 atom stereocenters. The fourth-order valence-corrected chi connectivity index (χ4v) is 4.42. The van der Waals surface area contributed by atoms with Crippen molar-refractivity contribution in [3.05, 3.63) is 85.9 Å². The van der Waals surface area contributed by atoms with Crippen LogP contribution in [-0.4, -0.2) is 52.7 Å². The van der Waals surface area contributed by atoms with E-state index in [2.05, 4.69) is 41.4 Å². The van der Waals surface area contributed by atoms with Crippen LogP contribution in [0.1, 0.15) is 38.3 Å². The Bertz CT molecular complexity index is 1500. The van der Waals surface area contributed by atoms with Crippen LogP contribution in [0.3, 0.4) is 0 Å². The van der Waals surface area contributed by atoms with Gasteiger partial charge in [0.15, 0.2) is 29.1 Å². The van der Waals surface area contributed by atoms with Crippen molar-refractivity contribution in [2.45, 2.75) is 46.1 Å². The number of hydrogen-bond donors (Lipinski definition) is 0. The van der Waals surface area contributed by atoms with Gasteiger partial charge in [-0.1, -0.05) is 32.3 Å². The molecule has 0 spiro atoms. The Labute approximate surface area is 266 Å². The summed E-state index contributed by atoms with van der Waals surface area (Å²) in [5, 5.41) is 0. The van der Waals surface area contributed by atoms with Crippen LogP contribution in [0.25, 0.3) is 34.8 Å². The zero-order valence-corrected chi connectivity index (χ0v) is 28.4. The Morgan fingerprint density at radius 1 is 0.558 bits per heavy atom. The second kappa shape index (κ2) is 16.5. The van der Waals surface area contributed by atoms with E-state index in [1.807, 2.05) is 109 Å². The van der Waals surface area contributed by atoms with Crippen molar-refractivity contribution in [1.29, 1.82) is 0 Å². The molecule has 11 nitrogen and oxygen atoms in total. The summed E-state index contributed by atoms with van der Waals surface area (Å²) in [5.74, 6) is 4.55. The van der Waals surface area contributed by atoms with Crippen LogP contribution < -0.4 is 0 Å². The summed E-state index contributed by atoms with van der Waals surface area (Å²) in [4.78, 5) is 25.8. The van der Waals surface area contributed by atoms with Gasteiger partial charge in [-0.15, -0.1) is 0 Å². The molecule has 12 heteroatoms. The maximum Gasteiger partial charge on any atom is 0.176 e. The third-order valence-corrected chi connectivity index (χ3v) is 6.77. The van der Waals surface area contributed by atoms with E-state index in [4.69, 9.17) is 0 Å². The van der Waals surface area contributed by atoms with Gasteiger partial charge in [0.25, 0.3) is 0 Å². The van der Waals surface area contributed by atoms with Crippen LogP contribution in [0, 0.1) is 6.92 Å². The minimum absolute atomic E-state index is 0. The predicted molar refractivity (Wildman–Crippen MR) is 165 cm³/mol. The van der Waals surface area contributed by atoms with E-state index in [0.717, 1.165) is 47.1 Å². The third kappa shape index (κ3) is 8.91. The molecule has 6 aromatic heterocycles. The molecule has 0 aromatic carbocycles. The molecule has 43 heavy (non-hydrogen) atoms. The first-order valence-electron chi connectivity index (χ1n) is 14.2. The minimum Gasteiger partial charge on any atom is -0.331 e. The van der Waals surface area contributed by atoms with Gasteiger partial charge in [-0.05, 0) is 25.5 Å². The average molecular weight is 758 g/mol. The molecule has 0 radical (unpaired) electrons. The van der Waals surface area contributed by atoms with Gasteiger partial charge in [0, 0.05) is 122 Å². The first kappa shape index (κ1) is 33.3. The van der Waals surface area contributed by atoms with E-state index in [1.54, 1.807) is 24.8 Å². The number of hydrogen-bond acceptors (Lipinski definition) is 6. The summed E-state index contributed by atoms with van der Waals surface area (Å²) in [6.45, 7) is 5.28. The number of rotatable bonds is 8. The molecule has 0 aliphatic carbocycles. The first-order valence-corrected chi connectivity index (χ1v) is 14.2. The Hall–Kier alpha value is -4.16. The largest absolute Gasteiger partial charge is 0.331 e. The number of nitrogens with zero attached hydrogens (tertiary/aromatic N) is 11. The molecule has 228 valence electrons. The van der Waals surface area contributed by atoms with Crippen molar-refractivity contribution in [1.82, 2.24) is 52.7 Å². The first-order chi connectivity index (χ1) is 20.4. The number of imidazole rings is 5. The fraction of sp³-hybridized carbons (Fsp3) is 0.355. The number of pyridine rings is 1. The normalized spacial score (nSPS) is 10.4. The van der Waals surface area contributed by atoms with E-state index < -0.39 is 0 Å². The van der Waals surface area contributed by atoms with Crippen molar-refractivity contribution in [3.63, 3.8) is 0 Å². The van der Waals surface area contributed by atoms with Crippen molar-refractivity contribution in [2.24, 2.45) is 28.2 Å². The molecular weight excluding hydrogens is 717 g/mol. The molecular formula is C31H41N11Os. The van der Waals surface area contributed by atoms with E-state index in [-0.39, 0.29) is 19.8 Å². The summed E-state index contributed by atoms with van der Waals surface area (Å²) in [7, 11) is 7.82. The standard InChI is InChI=1S/C15H21N3.2C8H10N4.Os/c1-3-4-5-6-11-18-12-10-16-15(18)14-9-7-8-13(2)17-14;2*1-11-5-3-9-7(11)8-10-4-6-12(8)2;/h7-10,12H,3-6,11H2,1-2H3;2*3-6H,1-2H3;. The van der Waals surface area contributed by atoms with Gasteiger partial charge < -0.3 is 22.8 Å². The van der Waals surface area contributed by atoms with Crippen LogP contribution in [-0.2, 0) is 54.5 Å². The number of unbranched alkanes of at least 4 members (excludes halogenated alkanes) is 3. The summed E-state index contributed by atoms with van der Waals surface area (Å²) < 4.78 is 9.99. The second-order valence-corrected chi connectivity index (χ2v) is 10.1. The van der Waals surface area contributed by atoms with Crippen LogP contribution in [0.2, 0.25) is 0 Å². The Morgan fingerprint density at radius 2 is 1.00 bits per heavy atom. The Kier molecular flexibility index (Phi) is 12.8. The monoisotopic (exact) mass is 759 g/mol. The van der Waals surface area contributed by atoms with Gasteiger partial charge in [0.05, 0.1) is 0 Å². The smallest absolute Gasteiger partial charge is 0.176 e. The molecule has 0 aliphatic heterocycles. The van der Waals surface area contributed by atoms with E-state index >= 15 is 0 Å². The summed E-state index contributed by atoms with van der Waals surface area (Å²) >= 11 is 0. The maximum atomic E-state index is 4.54. The van der Waals surface area contributed by atoms with Crippen LogP contribution in [0.5, 0.6) is 0 Å². The van der Waals surface area contributed by atoms with Crippen molar-refractivity contribution < 1.29 is 19.8 Å². The van der Waals surface area contributed by atoms with Crippen LogP contribution in [0.15, 0.2) is 80.2 Å². The van der Waals surface area contributed by atoms with Crippen LogP contribution in [0.4, 0.5) is 0 Å². The van der Waals surface area contributed by atoms with Crippen molar-refractivity contribution >= 4 is 0 Å². The summed E-state index contributed by atoms with van der Waals surface area (Å²) in [6, 6.07) is 6.07. The zero-order chi connectivity index (χ0) is 29.9. The molecule has 6 rings (SSSR count). The molecule has 6 aromatic rings. The Morgan fingerprint density at radius 3 is 1.40 bits per heavy atom. The van der Waals surface area contributed by atoms with Gasteiger partial charge in [0.2, 0.25) is 0 Å². The molecule has 0 saturated heterocycles. The SMILES string of the molecule is CCCCCCn1ccnc1-c1cccc(C)n1.Cn1ccnc1-c1nccn1C.Cn1ccnc1-c1nccn1C.[Os]. The molecule has 6 heterocycles. The maximum absolute atomic E-state index is 4.54. The second-order valence-electron chi connectivity index (χ2n) is 10.1. The molecule has 0 bridgehead atoms. The molecule has 0 saturated carbocycles. The fourth-order valence-electron chi connectivity index (χ4n) is 4.42. The topological polar surface area (TPSA) is 102 Å². The molecule has 0 fully saturated rings. The van der Waals surface area contributed by atoms with E-state index in [9.17, 15) is 0 Å². The van der Waals surface area contributed by atoms with Gasteiger partial charge >= 0.3 is 0 Å². The predicted octanol–water partition coefficient (Wildman–Crippen LogP) is 5.47. The van der Waals surface area contributed by atoms with Gasteiger partial charge in [-0.3, -0.25) is 0 Å². The van der Waals surface area contributed by atoms with E-state index in [1.165, 1.54) is 25.7 Å². The Balaban J connectivity index is 0.000000180. The average Bonchev–Trinajstić information content (AvgIpc) is 3.81. The number of aryl methyl sites for hydroxylation is 6. The number of aromatic nitrogens is 11. The molecule has 0 aliphatic rings. The van der Waals surface area contributed by atoms with Gasteiger partial charge in [0.1, 0.15) is 5.69 Å². The van der Waals surface area contributed by atoms with Crippen molar-refractivity contribution in [3.8, 4) is 34.8 Å². The third-order valence-electron chi connectivity index (χ3n) is 6.77. The van der Waals surface area contributed by atoms with Crippen molar-refractivity contribution in [2.75, 3.05) is 0 Å². The molecule has 0 unspecified atom stereocenters. The quantitative estimate of drug-likeness (QED) is 0.191. The van der Waals surface area contributed by atoms with Crippen LogP contribution >= 0.6 is 0 Å². The summed E-state index contributed by atoms with van der Waals surface area (Å²) in [5.41, 5.74) is 2.00. The molecule has 0 amide bonds. The van der Waals surface area contributed by atoms with Gasteiger partial charge in [-0.2, -0.15) is 0 Å². The molecule has 0 N–H and O–H groups in total. The van der Waals surface area contributed by atoms with Gasteiger partial charge in [-0.25, -0.2) is 29.9 Å². The minimum atomic E-state index is 0. The summed E-state index contributed by atoms with van der Waals surface area (Å²) in [6.07, 6.45) is 23.7. The zero-order valence-electron chi connectivity index (χ0n) is 25.8. The van der Waals surface area contributed by atoms with E-state index in [0.29, 0.717) is 0 Å².